The van der Waals surface area contributed by atoms with Crippen LogP contribution in [0.4, 0.5) is 0 Å². The number of likely N-dealkylation sites (N-methyl/N-ethyl adjacent to an activating group) is 3. The van der Waals surface area contributed by atoms with Crippen LogP contribution in [0.1, 0.15) is 5.56 Å². The summed E-state index contributed by atoms with van der Waals surface area (Å²) in [4.78, 5) is 2.60. The van der Waals surface area contributed by atoms with Crippen molar-refractivity contribution in [2.75, 3.05) is 60.4 Å². The third-order valence-corrected chi connectivity index (χ3v) is 16.7. The SMILES string of the molecule is CN1CCN2CCN(C)P1(Br)(Cc1ccccc1)N(C)CC2. The summed E-state index contributed by atoms with van der Waals surface area (Å²) in [6.07, 6.45) is 1.07. The first kappa shape index (κ1) is 16.8. The fourth-order valence-electron chi connectivity index (χ4n) is 3.83. The Balaban J connectivity index is 2.08. The van der Waals surface area contributed by atoms with Gasteiger partial charge in [-0.05, 0) is 0 Å². The van der Waals surface area contributed by atoms with Crippen molar-refractivity contribution in [1.82, 2.24) is 18.9 Å². The fraction of sp³-hybridized carbons (Fsp3) is 0.625. The molecule has 3 aliphatic heterocycles. The number of benzene rings is 1. The minimum absolute atomic E-state index is 1.07. The minimum atomic E-state index is -2.49. The number of nitrogens with zero attached hydrogens (tertiary/aromatic N) is 4. The summed E-state index contributed by atoms with van der Waals surface area (Å²) < 4.78 is 7.85. The predicted octanol–water partition coefficient (Wildman–Crippen LogP) is 2.92. The van der Waals surface area contributed by atoms with Crippen molar-refractivity contribution in [3.05, 3.63) is 35.9 Å². The van der Waals surface area contributed by atoms with Gasteiger partial charge >= 0.3 is 143 Å². The molecule has 1 aromatic rings. The van der Waals surface area contributed by atoms with Gasteiger partial charge in [0.25, 0.3) is 0 Å². The molecular weight excluding hydrogens is 359 g/mol. The van der Waals surface area contributed by atoms with Crippen LogP contribution in [0.5, 0.6) is 0 Å². The molecule has 3 heterocycles. The maximum atomic E-state index is 4.40. The van der Waals surface area contributed by atoms with Crippen molar-refractivity contribution < 1.29 is 0 Å². The van der Waals surface area contributed by atoms with Crippen molar-refractivity contribution in [3.8, 4) is 0 Å². The van der Waals surface area contributed by atoms with E-state index in [1.54, 1.807) is 0 Å². The van der Waals surface area contributed by atoms with E-state index in [-0.39, 0.29) is 0 Å². The van der Waals surface area contributed by atoms with E-state index in [1.807, 2.05) is 0 Å². The van der Waals surface area contributed by atoms with Gasteiger partial charge in [-0.1, -0.05) is 0 Å². The summed E-state index contributed by atoms with van der Waals surface area (Å²) in [5, 5.41) is 0. The Morgan fingerprint density at radius 2 is 1.27 bits per heavy atom. The molecule has 0 saturated carbocycles. The molecular formula is C16H28BrN4P. The molecule has 3 saturated heterocycles. The molecule has 2 bridgehead atoms. The number of rotatable bonds is 2. The van der Waals surface area contributed by atoms with Crippen LogP contribution in [-0.2, 0) is 6.16 Å². The van der Waals surface area contributed by atoms with Crippen LogP contribution in [0.2, 0.25) is 0 Å². The molecule has 4 rings (SSSR count). The molecule has 0 aromatic heterocycles. The Bertz CT molecular complexity index is 487. The van der Waals surface area contributed by atoms with Crippen LogP contribution < -0.4 is 0 Å². The first-order valence-corrected chi connectivity index (χ1v) is 12.4. The molecule has 3 aliphatic rings. The third-order valence-electron chi connectivity index (χ3n) is 5.54. The summed E-state index contributed by atoms with van der Waals surface area (Å²) in [6, 6.07) is 10.9. The van der Waals surface area contributed by atoms with Crippen LogP contribution >= 0.6 is 21.2 Å². The van der Waals surface area contributed by atoms with Gasteiger partial charge in [-0.2, -0.15) is 0 Å². The average Bonchev–Trinajstić information content (AvgIpc) is 2.52. The monoisotopic (exact) mass is 386 g/mol. The zero-order chi connectivity index (χ0) is 15.8. The van der Waals surface area contributed by atoms with Crippen LogP contribution in [0.25, 0.3) is 0 Å². The van der Waals surface area contributed by atoms with Gasteiger partial charge < -0.3 is 0 Å². The van der Waals surface area contributed by atoms with E-state index in [0.717, 1.165) is 25.8 Å². The second kappa shape index (κ2) is 6.12. The fourth-order valence-corrected chi connectivity index (χ4v) is 10.7. The van der Waals surface area contributed by atoms with Crippen LogP contribution in [0.3, 0.4) is 0 Å². The van der Waals surface area contributed by atoms with Crippen LogP contribution in [0, 0.1) is 0 Å². The number of halogens is 1. The molecule has 0 radical (unpaired) electrons. The standard InChI is InChI=1S/C16H28BrN4P/c1-18-9-12-21-13-10-19(2)22(18,17,20(3)11-14-21)15-16-7-5-4-6-8-16/h4-8H,9-15H2,1-3H3. The van der Waals surface area contributed by atoms with Crippen molar-refractivity contribution in [3.63, 3.8) is 0 Å². The third kappa shape index (κ3) is 2.56. The predicted molar refractivity (Wildman–Crippen MR) is 100 cm³/mol. The van der Waals surface area contributed by atoms with Crippen molar-refractivity contribution in [2.24, 2.45) is 0 Å². The second-order valence-corrected chi connectivity index (χ2v) is 15.5. The summed E-state index contributed by atoms with van der Waals surface area (Å²) in [5.74, 6) is -2.49. The molecule has 22 heavy (non-hydrogen) atoms. The van der Waals surface area contributed by atoms with E-state index in [4.69, 9.17) is 0 Å². The zero-order valence-corrected chi connectivity index (χ0v) is 16.4. The van der Waals surface area contributed by atoms with Gasteiger partial charge in [0.2, 0.25) is 0 Å². The van der Waals surface area contributed by atoms with Crippen molar-refractivity contribution >= 4 is 21.2 Å². The molecule has 124 valence electrons. The van der Waals surface area contributed by atoms with Gasteiger partial charge in [0.1, 0.15) is 0 Å². The summed E-state index contributed by atoms with van der Waals surface area (Å²) in [5.41, 5.74) is 1.42. The first-order valence-electron chi connectivity index (χ1n) is 8.09. The maximum absolute atomic E-state index is 4.40. The van der Waals surface area contributed by atoms with E-state index < -0.39 is 5.76 Å². The van der Waals surface area contributed by atoms with Crippen LogP contribution in [-0.4, -0.2) is 79.3 Å². The Labute approximate surface area is 142 Å². The van der Waals surface area contributed by atoms with E-state index in [0.29, 0.717) is 0 Å². The Hall–Kier alpha value is -0.0300. The quantitative estimate of drug-likeness (QED) is 0.724. The molecule has 3 fully saturated rings. The van der Waals surface area contributed by atoms with Gasteiger partial charge in [0, 0.05) is 0 Å². The molecule has 0 unspecified atom stereocenters. The normalized spacial score (nSPS) is 31.6. The van der Waals surface area contributed by atoms with E-state index >= 15 is 0 Å². The number of hydrogen-bond donors (Lipinski definition) is 0. The van der Waals surface area contributed by atoms with Gasteiger partial charge in [-0.25, -0.2) is 0 Å². The molecule has 0 aliphatic carbocycles. The van der Waals surface area contributed by atoms with Crippen molar-refractivity contribution in [2.45, 2.75) is 6.16 Å². The van der Waals surface area contributed by atoms with Gasteiger partial charge in [-0.15, -0.1) is 0 Å². The van der Waals surface area contributed by atoms with Gasteiger partial charge in [0.05, 0.1) is 0 Å². The zero-order valence-electron chi connectivity index (χ0n) is 14.0. The second-order valence-electron chi connectivity index (χ2n) is 6.67. The first-order chi connectivity index (χ1) is 10.4. The van der Waals surface area contributed by atoms with Gasteiger partial charge in [0.15, 0.2) is 0 Å². The summed E-state index contributed by atoms with van der Waals surface area (Å²) >= 11 is 4.40. The van der Waals surface area contributed by atoms with Crippen molar-refractivity contribution in [1.29, 1.82) is 0 Å². The Morgan fingerprint density at radius 3 is 1.73 bits per heavy atom. The molecule has 0 atom stereocenters. The molecule has 0 spiro atoms. The van der Waals surface area contributed by atoms with Crippen LogP contribution in [0.15, 0.2) is 30.3 Å². The molecule has 4 nitrogen and oxygen atoms in total. The summed E-state index contributed by atoms with van der Waals surface area (Å²) in [7, 11) is 6.91. The molecule has 0 amide bonds. The average molecular weight is 387 g/mol. The van der Waals surface area contributed by atoms with E-state index in [1.165, 1.54) is 25.2 Å². The molecule has 0 N–H and O–H groups in total. The van der Waals surface area contributed by atoms with E-state index in [2.05, 4.69) is 85.9 Å². The Kier molecular flexibility index (Phi) is 4.68. The number of hydrogen-bond acceptors (Lipinski definition) is 4. The van der Waals surface area contributed by atoms with E-state index in [9.17, 15) is 0 Å². The Morgan fingerprint density at radius 1 is 0.818 bits per heavy atom. The van der Waals surface area contributed by atoms with Gasteiger partial charge in [-0.3, -0.25) is 0 Å². The topological polar surface area (TPSA) is 13.0 Å². The number of fused-ring (bicyclic) bond motifs is 6. The molecule has 1 aromatic carbocycles. The molecule has 6 heteroatoms. The summed E-state index contributed by atoms with van der Waals surface area (Å²) in [6.45, 7) is 6.88.